The number of rotatable bonds is 5. The largest absolute Gasteiger partial charge is 0.439 e. The van der Waals surface area contributed by atoms with Gasteiger partial charge >= 0.3 is 0 Å². The number of sulfone groups is 1. The topological polar surface area (TPSA) is 83.9 Å². The molecule has 1 N–H and O–H groups in total. The van der Waals surface area contributed by atoms with Crippen LogP contribution in [0.4, 0.5) is 4.39 Å². The van der Waals surface area contributed by atoms with Crippen LogP contribution >= 0.6 is 24.0 Å². The second-order valence-electron chi connectivity index (χ2n) is 7.70. The second-order valence-corrected chi connectivity index (χ2v) is 10.4. The quantitative estimate of drug-likeness (QED) is 0.341. The van der Waals surface area contributed by atoms with Crippen LogP contribution in [0.3, 0.4) is 0 Å². The van der Waals surface area contributed by atoms with Crippen molar-refractivity contribution in [2.75, 3.05) is 25.4 Å². The molecule has 0 radical (unpaired) electrons. The summed E-state index contributed by atoms with van der Waals surface area (Å²) < 4.78 is 43.0. The molecule has 0 atom stereocenters. The van der Waals surface area contributed by atoms with Crippen LogP contribution in [0.5, 0.6) is 11.6 Å². The van der Waals surface area contributed by atoms with Crippen molar-refractivity contribution in [3.05, 3.63) is 54.0 Å². The van der Waals surface area contributed by atoms with Gasteiger partial charge in [0, 0.05) is 37.5 Å². The highest BCUT2D eigenvalue weighted by atomic mass is 127. The van der Waals surface area contributed by atoms with Crippen molar-refractivity contribution in [1.29, 1.82) is 0 Å². The third-order valence-electron chi connectivity index (χ3n) is 4.94. The van der Waals surface area contributed by atoms with Crippen molar-refractivity contribution in [2.45, 2.75) is 32.1 Å². The van der Waals surface area contributed by atoms with Crippen molar-refractivity contribution in [3.63, 3.8) is 0 Å². The van der Waals surface area contributed by atoms with Crippen LogP contribution in [-0.4, -0.2) is 54.4 Å². The summed E-state index contributed by atoms with van der Waals surface area (Å²) in [7, 11) is -3.14. The average molecular weight is 562 g/mol. The molecule has 1 aliphatic heterocycles. The molecule has 0 bridgehead atoms. The van der Waals surface area contributed by atoms with E-state index in [-0.39, 0.29) is 42.1 Å². The maximum absolute atomic E-state index is 13.5. The van der Waals surface area contributed by atoms with Crippen molar-refractivity contribution in [3.8, 4) is 11.6 Å². The van der Waals surface area contributed by atoms with Gasteiger partial charge in [-0.15, -0.1) is 24.0 Å². The number of aromatic nitrogens is 1. The summed E-state index contributed by atoms with van der Waals surface area (Å²) in [5.74, 6) is 1.05. The van der Waals surface area contributed by atoms with Crippen molar-refractivity contribution in [1.82, 2.24) is 15.2 Å². The zero-order valence-corrected chi connectivity index (χ0v) is 21.0. The first-order valence-corrected chi connectivity index (χ1v) is 11.5. The molecule has 7 nitrogen and oxygen atoms in total. The molecule has 2 aromatic rings. The van der Waals surface area contributed by atoms with E-state index in [9.17, 15) is 12.8 Å². The number of nitrogens with zero attached hydrogens (tertiary/aromatic N) is 3. The summed E-state index contributed by atoms with van der Waals surface area (Å²) in [4.78, 5) is 10.9. The number of hydrogen-bond acceptors (Lipinski definition) is 5. The zero-order valence-electron chi connectivity index (χ0n) is 17.8. The number of aliphatic imine (C=N–C) groups is 1. The van der Waals surface area contributed by atoms with E-state index in [1.807, 2.05) is 17.9 Å². The summed E-state index contributed by atoms with van der Waals surface area (Å²) in [6, 6.07) is 9.50. The Labute approximate surface area is 200 Å². The highest BCUT2D eigenvalue weighted by molar-refractivity contribution is 14.0. The molecule has 3 rings (SSSR count). The molecule has 0 saturated carbocycles. The van der Waals surface area contributed by atoms with E-state index >= 15 is 0 Å². The fraction of sp³-hybridized carbons (Fsp3) is 0.429. The fourth-order valence-electron chi connectivity index (χ4n) is 3.19. The summed E-state index contributed by atoms with van der Waals surface area (Å²) in [5, 5.41) is 3.23. The third-order valence-corrected chi connectivity index (χ3v) is 7.47. The Kier molecular flexibility index (Phi) is 8.64. The predicted molar refractivity (Wildman–Crippen MR) is 130 cm³/mol. The number of hydrogen-bond donors (Lipinski definition) is 1. The molecule has 1 fully saturated rings. The van der Waals surface area contributed by atoms with Gasteiger partial charge in [0.1, 0.15) is 11.6 Å². The van der Waals surface area contributed by atoms with Gasteiger partial charge in [0.05, 0.1) is 17.0 Å². The normalized spacial score (nSPS) is 17.5. The van der Waals surface area contributed by atoms with Crippen LogP contribution in [0, 0.1) is 5.82 Å². The monoisotopic (exact) mass is 562 g/mol. The SMILES string of the molecule is CCNC(=NCc1cccnc1Oc1cccc(F)c1)N1CCS(=O)(=O)C(C)(C)C1.I. The third kappa shape index (κ3) is 6.28. The minimum absolute atomic E-state index is 0. The van der Waals surface area contributed by atoms with Crippen LogP contribution in [-0.2, 0) is 16.4 Å². The van der Waals surface area contributed by atoms with Gasteiger partial charge in [-0.05, 0) is 39.0 Å². The fourth-order valence-corrected chi connectivity index (χ4v) is 4.55. The Morgan fingerprint density at radius 1 is 1.32 bits per heavy atom. The van der Waals surface area contributed by atoms with Crippen LogP contribution in [0.2, 0.25) is 0 Å². The van der Waals surface area contributed by atoms with Gasteiger partial charge in [-0.2, -0.15) is 0 Å². The molecule has 1 aliphatic rings. The molecule has 0 aliphatic carbocycles. The first kappa shape index (κ1) is 25.3. The zero-order chi connectivity index (χ0) is 21.8. The van der Waals surface area contributed by atoms with Gasteiger partial charge < -0.3 is 15.0 Å². The van der Waals surface area contributed by atoms with Crippen molar-refractivity contribution < 1.29 is 17.5 Å². The lowest BCUT2D eigenvalue weighted by atomic mass is 10.2. The van der Waals surface area contributed by atoms with Crippen molar-refractivity contribution in [2.24, 2.45) is 4.99 Å². The molecular formula is C21H28FIN4O3S. The molecule has 170 valence electrons. The van der Waals surface area contributed by atoms with Gasteiger partial charge in [0.25, 0.3) is 0 Å². The lowest BCUT2D eigenvalue weighted by molar-refractivity contribution is 0.353. The van der Waals surface area contributed by atoms with Crippen LogP contribution < -0.4 is 10.1 Å². The summed E-state index contributed by atoms with van der Waals surface area (Å²) in [6.07, 6.45) is 1.60. The van der Waals surface area contributed by atoms with Gasteiger partial charge in [-0.3, -0.25) is 0 Å². The highest BCUT2D eigenvalue weighted by Crippen LogP contribution is 2.25. The van der Waals surface area contributed by atoms with E-state index in [4.69, 9.17) is 4.74 Å². The van der Waals surface area contributed by atoms with Crippen LogP contribution in [0.1, 0.15) is 26.3 Å². The minimum Gasteiger partial charge on any atom is -0.439 e. The summed E-state index contributed by atoms with van der Waals surface area (Å²) in [5.41, 5.74) is 0.737. The van der Waals surface area contributed by atoms with E-state index in [2.05, 4.69) is 15.3 Å². The Morgan fingerprint density at radius 3 is 2.77 bits per heavy atom. The van der Waals surface area contributed by atoms with E-state index in [0.717, 1.165) is 5.56 Å². The van der Waals surface area contributed by atoms with E-state index in [1.165, 1.54) is 12.1 Å². The summed E-state index contributed by atoms with van der Waals surface area (Å²) in [6.45, 7) is 7.13. The van der Waals surface area contributed by atoms with Crippen LogP contribution in [0.15, 0.2) is 47.6 Å². The Bertz CT molecular complexity index is 1030. The van der Waals surface area contributed by atoms with Crippen LogP contribution in [0.25, 0.3) is 0 Å². The van der Waals surface area contributed by atoms with Crippen molar-refractivity contribution >= 4 is 39.8 Å². The number of pyridine rings is 1. The standard InChI is InChI=1S/C21H27FN4O3S.HI/c1-4-23-20(26-11-12-30(27,28)21(2,3)15-26)25-14-16-7-6-10-24-19(16)29-18-9-5-8-17(22)13-18;/h5-10,13H,4,11-12,14-15H2,1-3H3,(H,23,25);1H. The summed E-state index contributed by atoms with van der Waals surface area (Å²) >= 11 is 0. The smallest absolute Gasteiger partial charge is 0.224 e. The lowest BCUT2D eigenvalue weighted by Crippen LogP contribution is -2.57. The first-order valence-electron chi connectivity index (χ1n) is 9.85. The number of ether oxygens (including phenoxy) is 1. The molecule has 1 aromatic heterocycles. The van der Waals surface area contributed by atoms with Gasteiger partial charge in [0.15, 0.2) is 15.8 Å². The van der Waals surface area contributed by atoms with Gasteiger partial charge in [-0.25, -0.2) is 22.8 Å². The molecule has 10 heteroatoms. The molecule has 0 amide bonds. The lowest BCUT2D eigenvalue weighted by Gasteiger charge is -2.39. The first-order chi connectivity index (χ1) is 14.2. The highest BCUT2D eigenvalue weighted by Gasteiger charge is 2.40. The molecule has 2 heterocycles. The number of guanidine groups is 1. The maximum atomic E-state index is 13.5. The number of benzene rings is 1. The van der Waals surface area contributed by atoms with Gasteiger partial charge in [-0.1, -0.05) is 12.1 Å². The van der Waals surface area contributed by atoms with E-state index < -0.39 is 14.6 Å². The molecule has 0 spiro atoms. The molecule has 31 heavy (non-hydrogen) atoms. The van der Waals surface area contributed by atoms with E-state index in [1.54, 1.807) is 38.2 Å². The average Bonchev–Trinajstić information content (AvgIpc) is 2.68. The molecule has 1 saturated heterocycles. The Morgan fingerprint density at radius 2 is 2.10 bits per heavy atom. The van der Waals surface area contributed by atoms with E-state index in [0.29, 0.717) is 37.2 Å². The molecule has 0 unspecified atom stereocenters. The second kappa shape index (κ2) is 10.6. The minimum atomic E-state index is -3.14. The molecule has 1 aromatic carbocycles. The maximum Gasteiger partial charge on any atom is 0.224 e. The molecular weight excluding hydrogens is 534 g/mol. The number of nitrogens with one attached hydrogen (secondary N) is 1. The predicted octanol–water partition coefficient (Wildman–Crippen LogP) is 3.61. The number of halogens is 2. The Balaban J connectivity index is 0.00000341. The Hall–Kier alpha value is -1.95. The van der Waals surface area contributed by atoms with Gasteiger partial charge in [0.2, 0.25) is 5.88 Å².